The van der Waals surface area contributed by atoms with Gasteiger partial charge in [-0.1, -0.05) is 46.8 Å². The molecular weight excluding hydrogens is 356 g/mol. The quantitative estimate of drug-likeness (QED) is 0.518. The number of nitrogens with zero attached hydrogens (tertiary/aromatic N) is 1. The van der Waals surface area contributed by atoms with Crippen LogP contribution in [0.5, 0.6) is 5.75 Å². The molecule has 0 fully saturated rings. The predicted molar refractivity (Wildman–Crippen MR) is 114 cm³/mol. The van der Waals surface area contributed by atoms with E-state index in [-0.39, 0.29) is 23.3 Å². The lowest BCUT2D eigenvalue weighted by molar-refractivity contribution is -0.123. The third-order valence-corrected chi connectivity index (χ3v) is 5.20. The van der Waals surface area contributed by atoms with Gasteiger partial charge in [0.2, 0.25) is 0 Å². The normalized spacial score (nSPS) is 12.4. The first-order chi connectivity index (χ1) is 12.6. The summed E-state index contributed by atoms with van der Waals surface area (Å²) < 4.78 is 5.56. The number of rotatable bonds is 7. The maximum absolute atomic E-state index is 11.9. The summed E-state index contributed by atoms with van der Waals surface area (Å²) in [6.07, 6.45) is 2.74. The van der Waals surface area contributed by atoms with Crippen molar-refractivity contribution >= 4 is 23.5 Å². The molecule has 0 aliphatic carbocycles. The van der Waals surface area contributed by atoms with Crippen LogP contribution in [0, 0.1) is 12.3 Å². The van der Waals surface area contributed by atoms with Gasteiger partial charge in [-0.3, -0.25) is 4.79 Å². The maximum Gasteiger partial charge on any atom is 0.277 e. The molecule has 0 aliphatic rings. The van der Waals surface area contributed by atoms with E-state index in [0.717, 1.165) is 16.9 Å². The average Bonchev–Trinajstić information content (AvgIpc) is 2.96. The number of nitrogens with one attached hydrogen (secondary N) is 1. The van der Waals surface area contributed by atoms with Gasteiger partial charge in [0, 0.05) is 4.88 Å². The molecule has 1 N–H and O–H groups in total. The number of ether oxygens (including phenoxy) is 1. The Morgan fingerprint density at radius 1 is 1.15 bits per heavy atom. The van der Waals surface area contributed by atoms with E-state index in [1.165, 1.54) is 5.56 Å². The first-order valence-corrected chi connectivity index (χ1v) is 10.0. The van der Waals surface area contributed by atoms with Crippen LogP contribution in [0.25, 0.3) is 0 Å². The van der Waals surface area contributed by atoms with E-state index < -0.39 is 0 Å². The summed E-state index contributed by atoms with van der Waals surface area (Å²) in [6, 6.07) is 10.0. The predicted octanol–water partition coefficient (Wildman–Crippen LogP) is 5.30. The van der Waals surface area contributed by atoms with Crippen LogP contribution in [0.2, 0.25) is 0 Å². The number of carbonyl (C=O) groups excluding carboxylic acids is 1. The van der Waals surface area contributed by atoms with Crippen molar-refractivity contribution in [3.63, 3.8) is 0 Å². The highest BCUT2D eigenvalue weighted by Gasteiger charge is 2.27. The second-order valence-corrected chi connectivity index (χ2v) is 9.64. The SMILES string of the molecule is Cc1ccsc1/C=N\NC(=O)COc1ccc(C(C)(C)CC(C)(C)C)cc1. The fraction of sp³-hybridized carbons (Fsp3) is 0.455. The summed E-state index contributed by atoms with van der Waals surface area (Å²) in [7, 11) is 0. The molecule has 4 nitrogen and oxygen atoms in total. The maximum atomic E-state index is 11.9. The van der Waals surface area contributed by atoms with Gasteiger partial charge in [-0.2, -0.15) is 5.10 Å². The minimum atomic E-state index is -0.280. The van der Waals surface area contributed by atoms with Gasteiger partial charge in [-0.15, -0.1) is 11.3 Å². The molecule has 2 aromatic rings. The molecule has 146 valence electrons. The smallest absolute Gasteiger partial charge is 0.277 e. The van der Waals surface area contributed by atoms with Crippen molar-refractivity contribution < 1.29 is 9.53 Å². The molecular formula is C22H30N2O2S. The van der Waals surface area contributed by atoms with Crippen molar-refractivity contribution in [1.82, 2.24) is 5.43 Å². The first kappa shape index (κ1) is 21.2. The van der Waals surface area contributed by atoms with Gasteiger partial charge in [0.1, 0.15) is 5.75 Å². The molecule has 1 amide bonds. The zero-order chi connectivity index (χ0) is 20.1. The van der Waals surface area contributed by atoms with Crippen molar-refractivity contribution in [3.8, 4) is 5.75 Å². The topological polar surface area (TPSA) is 50.7 Å². The largest absolute Gasteiger partial charge is 0.484 e. The summed E-state index contributed by atoms with van der Waals surface area (Å²) in [5, 5.41) is 5.97. The van der Waals surface area contributed by atoms with Crippen molar-refractivity contribution in [1.29, 1.82) is 0 Å². The molecule has 1 heterocycles. The third kappa shape index (κ3) is 6.83. The van der Waals surface area contributed by atoms with Crippen LogP contribution in [0.3, 0.4) is 0 Å². The second-order valence-electron chi connectivity index (χ2n) is 8.70. The zero-order valence-electron chi connectivity index (χ0n) is 17.1. The number of carbonyl (C=O) groups is 1. The summed E-state index contributed by atoms with van der Waals surface area (Å²) in [5.74, 6) is 0.399. The highest BCUT2D eigenvalue weighted by atomic mass is 32.1. The van der Waals surface area contributed by atoms with Gasteiger partial charge in [0.05, 0.1) is 6.21 Å². The fourth-order valence-corrected chi connectivity index (χ4v) is 4.08. The van der Waals surface area contributed by atoms with Crippen LogP contribution in [-0.2, 0) is 10.2 Å². The molecule has 27 heavy (non-hydrogen) atoms. The van der Waals surface area contributed by atoms with E-state index >= 15 is 0 Å². The standard InChI is InChI=1S/C22H30N2O2S/c1-16-11-12-27-19(16)13-23-24-20(25)14-26-18-9-7-17(8-10-18)22(5,6)15-21(2,3)4/h7-13H,14-15H2,1-6H3,(H,24,25)/b23-13-. The van der Waals surface area contributed by atoms with E-state index in [4.69, 9.17) is 4.74 Å². The average molecular weight is 387 g/mol. The van der Waals surface area contributed by atoms with Crippen molar-refractivity contribution in [2.75, 3.05) is 6.61 Å². The number of hydrogen-bond acceptors (Lipinski definition) is 4. The van der Waals surface area contributed by atoms with Crippen LogP contribution in [0.1, 0.15) is 57.0 Å². The fourth-order valence-electron chi connectivity index (χ4n) is 3.29. The highest BCUT2D eigenvalue weighted by Crippen LogP contribution is 2.36. The molecule has 0 bridgehead atoms. The minimum Gasteiger partial charge on any atom is -0.484 e. The summed E-state index contributed by atoms with van der Waals surface area (Å²) in [6.45, 7) is 13.2. The molecule has 0 atom stereocenters. The van der Waals surface area contributed by atoms with Crippen LogP contribution in [0.15, 0.2) is 40.8 Å². The highest BCUT2D eigenvalue weighted by molar-refractivity contribution is 7.11. The Kier molecular flexibility index (Phi) is 6.82. The van der Waals surface area contributed by atoms with Gasteiger partial charge in [0.25, 0.3) is 5.91 Å². The molecule has 0 saturated heterocycles. The van der Waals surface area contributed by atoms with Crippen LogP contribution in [0.4, 0.5) is 0 Å². The molecule has 0 saturated carbocycles. The third-order valence-electron chi connectivity index (χ3n) is 4.25. The van der Waals surface area contributed by atoms with Gasteiger partial charge in [0.15, 0.2) is 6.61 Å². The van der Waals surface area contributed by atoms with Crippen LogP contribution >= 0.6 is 11.3 Å². The van der Waals surface area contributed by atoms with E-state index in [9.17, 15) is 4.79 Å². The van der Waals surface area contributed by atoms with E-state index in [0.29, 0.717) is 5.75 Å². The summed E-state index contributed by atoms with van der Waals surface area (Å²) in [5.41, 5.74) is 5.25. The van der Waals surface area contributed by atoms with Crippen LogP contribution < -0.4 is 10.2 Å². The van der Waals surface area contributed by atoms with E-state index in [1.807, 2.05) is 30.5 Å². The number of aryl methyl sites for hydroxylation is 1. The van der Waals surface area contributed by atoms with Crippen LogP contribution in [-0.4, -0.2) is 18.7 Å². The molecule has 5 heteroatoms. The molecule has 0 spiro atoms. The minimum absolute atomic E-state index is 0.0640. The number of hydrogen-bond donors (Lipinski definition) is 1. The van der Waals surface area contributed by atoms with E-state index in [2.05, 4.69) is 57.3 Å². The van der Waals surface area contributed by atoms with E-state index in [1.54, 1.807) is 17.6 Å². The molecule has 0 aliphatic heterocycles. The van der Waals surface area contributed by atoms with Gasteiger partial charge < -0.3 is 4.74 Å². The van der Waals surface area contributed by atoms with Crippen molar-refractivity contribution in [2.24, 2.45) is 10.5 Å². The Hall–Kier alpha value is -2.14. The van der Waals surface area contributed by atoms with Gasteiger partial charge >= 0.3 is 0 Å². The Morgan fingerprint density at radius 2 is 1.81 bits per heavy atom. The zero-order valence-corrected chi connectivity index (χ0v) is 17.9. The lowest BCUT2D eigenvalue weighted by Gasteiger charge is -2.33. The Bertz CT molecular complexity index is 783. The molecule has 0 radical (unpaired) electrons. The molecule has 1 aromatic heterocycles. The first-order valence-electron chi connectivity index (χ1n) is 9.16. The number of hydrazone groups is 1. The monoisotopic (exact) mass is 386 g/mol. The summed E-state index contributed by atoms with van der Waals surface area (Å²) >= 11 is 1.59. The lowest BCUT2D eigenvalue weighted by atomic mass is 9.72. The molecule has 1 aromatic carbocycles. The number of amides is 1. The lowest BCUT2D eigenvalue weighted by Crippen LogP contribution is -2.25. The molecule has 0 unspecified atom stereocenters. The Labute approximate surface area is 166 Å². The van der Waals surface area contributed by atoms with Crippen molar-refractivity contribution in [3.05, 3.63) is 51.7 Å². The second kappa shape index (κ2) is 8.70. The number of benzene rings is 1. The van der Waals surface area contributed by atoms with Crippen molar-refractivity contribution in [2.45, 2.75) is 53.4 Å². The van der Waals surface area contributed by atoms with Gasteiger partial charge in [-0.05, 0) is 58.9 Å². The number of thiophene rings is 1. The molecule has 2 rings (SSSR count). The Morgan fingerprint density at radius 3 is 2.37 bits per heavy atom. The van der Waals surface area contributed by atoms with Gasteiger partial charge in [-0.25, -0.2) is 5.43 Å². The summed E-state index contributed by atoms with van der Waals surface area (Å²) in [4.78, 5) is 12.9. The Balaban J connectivity index is 1.85.